The lowest BCUT2D eigenvalue weighted by atomic mass is 9.92. The summed E-state index contributed by atoms with van der Waals surface area (Å²) < 4.78 is 5.46. The highest BCUT2D eigenvalue weighted by Gasteiger charge is 2.21. The normalized spacial score (nSPS) is 19.4. The first kappa shape index (κ1) is 16.5. The Labute approximate surface area is 130 Å². The van der Waals surface area contributed by atoms with Crippen molar-refractivity contribution in [3.8, 4) is 0 Å². The molecule has 1 fully saturated rings. The van der Waals surface area contributed by atoms with Crippen LogP contribution in [-0.4, -0.2) is 19.3 Å². The van der Waals surface area contributed by atoms with E-state index in [1.54, 1.807) is 0 Å². The monoisotopic (exact) mass is 289 g/mol. The highest BCUT2D eigenvalue weighted by molar-refractivity contribution is 5.25. The van der Waals surface area contributed by atoms with Crippen LogP contribution in [0, 0.1) is 5.92 Å². The first-order valence-corrected chi connectivity index (χ1v) is 8.63. The third-order valence-corrected chi connectivity index (χ3v) is 4.78. The summed E-state index contributed by atoms with van der Waals surface area (Å²) in [5, 5.41) is 3.77. The second kappa shape index (κ2) is 8.55. The number of rotatable bonds is 7. The second-order valence-corrected chi connectivity index (χ2v) is 6.47. The molecule has 2 atom stereocenters. The Hall–Kier alpha value is -0.860. The maximum Gasteiger partial charge on any atom is 0.0469 e. The molecule has 1 aromatic rings. The summed E-state index contributed by atoms with van der Waals surface area (Å²) in [6, 6.07) is 10.1. The maximum absolute atomic E-state index is 5.46. The topological polar surface area (TPSA) is 21.3 Å². The second-order valence-electron chi connectivity index (χ2n) is 6.47. The molecule has 0 saturated carbocycles. The Morgan fingerprint density at radius 2 is 1.81 bits per heavy atom. The number of hydrogen-bond acceptors (Lipinski definition) is 2. The van der Waals surface area contributed by atoms with Gasteiger partial charge in [-0.3, -0.25) is 0 Å². The van der Waals surface area contributed by atoms with E-state index >= 15 is 0 Å². The van der Waals surface area contributed by atoms with Crippen LogP contribution in [0.1, 0.15) is 63.6 Å². The van der Waals surface area contributed by atoms with Gasteiger partial charge < -0.3 is 10.1 Å². The predicted octanol–water partition coefficient (Wildman–Crippen LogP) is 4.49. The predicted molar refractivity (Wildman–Crippen MR) is 89.6 cm³/mol. The van der Waals surface area contributed by atoms with E-state index in [0.29, 0.717) is 12.1 Å². The van der Waals surface area contributed by atoms with Crippen LogP contribution in [0.5, 0.6) is 0 Å². The molecule has 2 nitrogen and oxygen atoms in total. The summed E-state index contributed by atoms with van der Waals surface area (Å²) in [4.78, 5) is 0. The van der Waals surface area contributed by atoms with Gasteiger partial charge in [-0.05, 0) is 56.6 Å². The third-order valence-electron chi connectivity index (χ3n) is 4.78. The largest absolute Gasteiger partial charge is 0.381 e. The molecule has 1 N–H and O–H groups in total. The van der Waals surface area contributed by atoms with Crippen LogP contribution in [0.4, 0.5) is 0 Å². The Morgan fingerprint density at radius 1 is 1.14 bits per heavy atom. The highest BCUT2D eigenvalue weighted by atomic mass is 16.5. The quantitative estimate of drug-likeness (QED) is 0.798. The zero-order valence-electron chi connectivity index (χ0n) is 13.9. The number of hydrogen-bond donors (Lipinski definition) is 1. The van der Waals surface area contributed by atoms with Crippen molar-refractivity contribution in [2.75, 3.05) is 13.2 Å². The molecule has 0 radical (unpaired) electrons. The number of aryl methyl sites for hydroxylation is 1. The first-order valence-electron chi connectivity index (χ1n) is 8.63. The van der Waals surface area contributed by atoms with Gasteiger partial charge in [0.1, 0.15) is 0 Å². The lowest BCUT2D eigenvalue weighted by Gasteiger charge is -2.31. The van der Waals surface area contributed by atoms with E-state index in [9.17, 15) is 0 Å². The van der Waals surface area contributed by atoms with Gasteiger partial charge >= 0.3 is 0 Å². The van der Waals surface area contributed by atoms with Gasteiger partial charge in [-0.25, -0.2) is 0 Å². The Bertz CT molecular complexity index is 395. The van der Waals surface area contributed by atoms with Gasteiger partial charge in [0, 0.05) is 25.3 Å². The van der Waals surface area contributed by atoms with Crippen molar-refractivity contribution in [2.24, 2.45) is 5.92 Å². The van der Waals surface area contributed by atoms with E-state index in [-0.39, 0.29) is 0 Å². The van der Waals surface area contributed by atoms with Crippen LogP contribution in [-0.2, 0) is 11.2 Å². The average molecular weight is 289 g/mol. The summed E-state index contributed by atoms with van der Waals surface area (Å²) in [5.41, 5.74) is 2.86. The fourth-order valence-corrected chi connectivity index (χ4v) is 3.20. The third kappa shape index (κ3) is 5.12. The minimum atomic E-state index is 0.420. The lowest BCUT2D eigenvalue weighted by Crippen LogP contribution is -2.38. The van der Waals surface area contributed by atoms with Crippen LogP contribution in [0.15, 0.2) is 24.3 Å². The summed E-state index contributed by atoms with van der Waals surface area (Å²) in [7, 11) is 0. The van der Waals surface area contributed by atoms with E-state index in [4.69, 9.17) is 4.74 Å². The smallest absolute Gasteiger partial charge is 0.0469 e. The van der Waals surface area contributed by atoms with Crippen molar-refractivity contribution in [3.05, 3.63) is 35.4 Å². The van der Waals surface area contributed by atoms with E-state index in [1.165, 1.54) is 43.2 Å². The molecule has 21 heavy (non-hydrogen) atoms. The van der Waals surface area contributed by atoms with Crippen LogP contribution in [0.2, 0.25) is 0 Å². The van der Waals surface area contributed by atoms with Gasteiger partial charge in [0.2, 0.25) is 0 Å². The minimum absolute atomic E-state index is 0.420. The average Bonchev–Trinajstić information content (AvgIpc) is 2.54. The minimum Gasteiger partial charge on any atom is -0.381 e. The molecule has 1 saturated heterocycles. The standard InChI is InChI=1S/C19H31NO/c1-4-5-6-17-7-9-18(10-8-17)15(2)20-16(3)19-11-13-21-14-12-19/h7-10,15-16,19-20H,4-6,11-14H2,1-3H3. The zero-order valence-corrected chi connectivity index (χ0v) is 13.9. The summed E-state index contributed by atoms with van der Waals surface area (Å²) in [6.07, 6.45) is 6.14. The Morgan fingerprint density at radius 3 is 2.43 bits per heavy atom. The summed E-state index contributed by atoms with van der Waals surface area (Å²) in [6.45, 7) is 8.70. The molecule has 1 aromatic carbocycles. The van der Waals surface area contributed by atoms with Gasteiger partial charge in [0.25, 0.3) is 0 Å². The molecule has 0 amide bonds. The number of nitrogens with one attached hydrogen (secondary N) is 1. The van der Waals surface area contributed by atoms with Crippen LogP contribution < -0.4 is 5.32 Å². The molecule has 0 bridgehead atoms. The fourth-order valence-electron chi connectivity index (χ4n) is 3.20. The van der Waals surface area contributed by atoms with Gasteiger partial charge in [0.05, 0.1) is 0 Å². The molecule has 2 rings (SSSR count). The molecule has 0 aliphatic carbocycles. The SMILES string of the molecule is CCCCc1ccc(C(C)NC(C)C2CCOCC2)cc1. The number of unbranched alkanes of at least 4 members (excludes halogenated alkanes) is 1. The van der Waals surface area contributed by atoms with Crippen LogP contribution in [0.3, 0.4) is 0 Å². The van der Waals surface area contributed by atoms with E-state index < -0.39 is 0 Å². The van der Waals surface area contributed by atoms with Gasteiger partial charge in [-0.2, -0.15) is 0 Å². The Balaban J connectivity index is 1.85. The number of ether oxygens (including phenoxy) is 1. The van der Waals surface area contributed by atoms with Crippen molar-refractivity contribution in [1.29, 1.82) is 0 Å². The molecule has 1 aliphatic heterocycles. The van der Waals surface area contributed by atoms with Crippen molar-refractivity contribution < 1.29 is 4.74 Å². The fraction of sp³-hybridized carbons (Fsp3) is 0.684. The lowest BCUT2D eigenvalue weighted by molar-refractivity contribution is 0.0547. The van der Waals surface area contributed by atoms with E-state index in [2.05, 4.69) is 50.4 Å². The summed E-state index contributed by atoms with van der Waals surface area (Å²) in [5.74, 6) is 0.755. The molecule has 1 heterocycles. The molecule has 118 valence electrons. The van der Waals surface area contributed by atoms with Crippen LogP contribution >= 0.6 is 0 Å². The number of benzene rings is 1. The molecule has 2 heteroatoms. The molecular formula is C19H31NO. The maximum atomic E-state index is 5.46. The molecule has 2 unspecified atom stereocenters. The molecule has 0 aromatic heterocycles. The van der Waals surface area contributed by atoms with Crippen molar-refractivity contribution >= 4 is 0 Å². The van der Waals surface area contributed by atoms with Crippen molar-refractivity contribution in [2.45, 2.75) is 65.0 Å². The van der Waals surface area contributed by atoms with Crippen molar-refractivity contribution in [3.63, 3.8) is 0 Å². The Kier molecular flexibility index (Phi) is 6.72. The first-order chi connectivity index (χ1) is 10.2. The van der Waals surface area contributed by atoms with Gasteiger partial charge in [0.15, 0.2) is 0 Å². The van der Waals surface area contributed by atoms with Crippen LogP contribution in [0.25, 0.3) is 0 Å². The molecule has 0 spiro atoms. The van der Waals surface area contributed by atoms with Crippen molar-refractivity contribution in [1.82, 2.24) is 5.32 Å². The van der Waals surface area contributed by atoms with Gasteiger partial charge in [-0.15, -0.1) is 0 Å². The summed E-state index contributed by atoms with van der Waals surface area (Å²) >= 11 is 0. The molecular weight excluding hydrogens is 258 g/mol. The van der Waals surface area contributed by atoms with Gasteiger partial charge in [-0.1, -0.05) is 37.6 Å². The zero-order chi connectivity index (χ0) is 15.1. The van der Waals surface area contributed by atoms with E-state index in [1.807, 2.05) is 0 Å². The van der Waals surface area contributed by atoms with E-state index in [0.717, 1.165) is 19.1 Å². The highest BCUT2D eigenvalue weighted by Crippen LogP contribution is 2.22. The molecule has 1 aliphatic rings.